The molecule has 1 aliphatic carbocycles. The maximum Gasteiger partial charge on any atom is 0.0534 e. The fourth-order valence-corrected chi connectivity index (χ4v) is 2.07. The van der Waals surface area contributed by atoms with E-state index in [1.807, 2.05) is 6.20 Å². The van der Waals surface area contributed by atoms with Crippen LogP contribution >= 0.6 is 0 Å². The lowest BCUT2D eigenvalue weighted by atomic mass is 9.92. The van der Waals surface area contributed by atoms with Crippen LogP contribution in [-0.2, 0) is 0 Å². The molecule has 0 radical (unpaired) electrons. The Morgan fingerprint density at radius 3 is 3.00 bits per heavy atom. The Labute approximate surface area is 78.9 Å². The van der Waals surface area contributed by atoms with Crippen LogP contribution in [-0.4, -0.2) is 15.8 Å². The zero-order valence-corrected chi connectivity index (χ0v) is 8.11. The van der Waals surface area contributed by atoms with Crippen molar-refractivity contribution in [2.24, 2.45) is 5.73 Å². The maximum absolute atomic E-state index is 5.93. The van der Waals surface area contributed by atoms with Crippen LogP contribution in [0.1, 0.15) is 37.3 Å². The van der Waals surface area contributed by atoms with Crippen LogP contribution in [0.4, 0.5) is 0 Å². The molecule has 1 fully saturated rings. The van der Waals surface area contributed by atoms with E-state index in [1.165, 1.54) is 24.8 Å². The molecular formula is C10H17N3. The summed E-state index contributed by atoms with van der Waals surface area (Å²) in [6.45, 7) is 2.08. The van der Waals surface area contributed by atoms with Crippen LogP contribution in [0.3, 0.4) is 0 Å². The smallest absolute Gasteiger partial charge is 0.0534 e. The summed E-state index contributed by atoms with van der Waals surface area (Å²) in [5, 5.41) is 4.34. The molecule has 2 N–H and O–H groups in total. The van der Waals surface area contributed by atoms with Gasteiger partial charge in [-0.05, 0) is 38.2 Å². The molecule has 2 rings (SSSR count). The van der Waals surface area contributed by atoms with E-state index in [1.54, 1.807) is 0 Å². The van der Waals surface area contributed by atoms with Crippen molar-refractivity contribution in [2.45, 2.75) is 44.7 Å². The van der Waals surface area contributed by atoms with E-state index in [0.29, 0.717) is 12.1 Å². The minimum Gasteiger partial charge on any atom is -0.328 e. The number of hydrogen-bond donors (Lipinski definition) is 1. The predicted molar refractivity (Wildman–Crippen MR) is 52.4 cm³/mol. The van der Waals surface area contributed by atoms with Gasteiger partial charge in [0.15, 0.2) is 0 Å². The normalized spacial score (nSPS) is 29.1. The third-order valence-electron chi connectivity index (χ3n) is 2.79. The fourth-order valence-electron chi connectivity index (χ4n) is 2.07. The first kappa shape index (κ1) is 8.75. The van der Waals surface area contributed by atoms with Gasteiger partial charge in [0, 0.05) is 12.2 Å². The highest BCUT2D eigenvalue weighted by Crippen LogP contribution is 2.26. The Hall–Kier alpha value is -0.830. The summed E-state index contributed by atoms with van der Waals surface area (Å²) in [6.07, 6.45) is 8.76. The van der Waals surface area contributed by atoms with Crippen molar-refractivity contribution in [1.82, 2.24) is 9.78 Å². The first-order chi connectivity index (χ1) is 6.25. The van der Waals surface area contributed by atoms with E-state index in [4.69, 9.17) is 5.73 Å². The molecule has 3 nitrogen and oxygen atoms in total. The molecule has 2 unspecified atom stereocenters. The molecule has 1 heterocycles. The van der Waals surface area contributed by atoms with Gasteiger partial charge in [0.05, 0.1) is 12.2 Å². The largest absolute Gasteiger partial charge is 0.328 e. The average Bonchev–Trinajstić information content (AvgIpc) is 2.52. The van der Waals surface area contributed by atoms with Gasteiger partial charge in [-0.2, -0.15) is 5.10 Å². The lowest BCUT2D eigenvalue weighted by Crippen LogP contribution is -2.29. The highest BCUT2D eigenvalue weighted by molar-refractivity contribution is 5.01. The topological polar surface area (TPSA) is 43.8 Å². The fraction of sp³-hybridized carbons (Fsp3) is 0.700. The van der Waals surface area contributed by atoms with Gasteiger partial charge in [0.25, 0.3) is 0 Å². The summed E-state index contributed by atoms with van der Waals surface area (Å²) in [7, 11) is 0. The lowest BCUT2D eigenvalue weighted by Gasteiger charge is -2.26. The molecule has 0 bridgehead atoms. The Morgan fingerprint density at radius 2 is 2.38 bits per heavy atom. The molecule has 0 aliphatic heterocycles. The number of nitrogens with two attached hydrogens (primary N) is 1. The zero-order chi connectivity index (χ0) is 9.26. The van der Waals surface area contributed by atoms with Crippen LogP contribution < -0.4 is 5.73 Å². The molecule has 3 heteroatoms. The van der Waals surface area contributed by atoms with E-state index < -0.39 is 0 Å². The predicted octanol–water partition coefficient (Wildman–Crippen LogP) is 1.63. The molecule has 13 heavy (non-hydrogen) atoms. The molecule has 1 aromatic heterocycles. The molecule has 1 saturated carbocycles. The second-order valence-corrected chi connectivity index (χ2v) is 4.08. The Balaban J connectivity index is 2.08. The SMILES string of the molecule is Cc1cnn(C2CCCC(N)C2)c1. The molecule has 72 valence electrons. The van der Waals surface area contributed by atoms with Gasteiger partial charge in [0.1, 0.15) is 0 Å². The third-order valence-corrected chi connectivity index (χ3v) is 2.79. The van der Waals surface area contributed by atoms with Crippen LogP contribution in [0.15, 0.2) is 12.4 Å². The minimum atomic E-state index is 0.378. The van der Waals surface area contributed by atoms with Gasteiger partial charge in [0.2, 0.25) is 0 Å². The standard InChI is InChI=1S/C10H17N3/c1-8-6-12-13(7-8)10-4-2-3-9(11)5-10/h6-7,9-10H,2-5,11H2,1H3. The van der Waals surface area contributed by atoms with E-state index >= 15 is 0 Å². The van der Waals surface area contributed by atoms with Crippen molar-refractivity contribution < 1.29 is 0 Å². The molecular weight excluding hydrogens is 162 g/mol. The quantitative estimate of drug-likeness (QED) is 0.712. The van der Waals surface area contributed by atoms with E-state index in [2.05, 4.69) is 22.9 Å². The average molecular weight is 179 g/mol. The summed E-state index contributed by atoms with van der Waals surface area (Å²) in [5.74, 6) is 0. The van der Waals surface area contributed by atoms with Crippen molar-refractivity contribution in [2.75, 3.05) is 0 Å². The highest BCUT2D eigenvalue weighted by atomic mass is 15.3. The lowest BCUT2D eigenvalue weighted by molar-refractivity contribution is 0.300. The number of rotatable bonds is 1. The van der Waals surface area contributed by atoms with Gasteiger partial charge < -0.3 is 5.73 Å². The van der Waals surface area contributed by atoms with Crippen molar-refractivity contribution in [3.05, 3.63) is 18.0 Å². The summed E-state index contributed by atoms with van der Waals surface area (Å²) in [6, 6.07) is 0.917. The highest BCUT2D eigenvalue weighted by Gasteiger charge is 2.20. The summed E-state index contributed by atoms with van der Waals surface area (Å²) < 4.78 is 2.08. The van der Waals surface area contributed by atoms with E-state index in [9.17, 15) is 0 Å². The summed E-state index contributed by atoms with van der Waals surface area (Å²) in [4.78, 5) is 0. The van der Waals surface area contributed by atoms with Gasteiger partial charge >= 0.3 is 0 Å². The van der Waals surface area contributed by atoms with Gasteiger partial charge in [-0.1, -0.05) is 0 Å². The van der Waals surface area contributed by atoms with Crippen LogP contribution in [0.2, 0.25) is 0 Å². The second-order valence-electron chi connectivity index (χ2n) is 4.08. The number of aryl methyl sites for hydroxylation is 1. The molecule has 0 aromatic carbocycles. The minimum absolute atomic E-state index is 0.378. The summed E-state index contributed by atoms with van der Waals surface area (Å²) >= 11 is 0. The van der Waals surface area contributed by atoms with Crippen molar-refractivity contribution in [3.8, 4) is 0 Å². The maximum atomic E-state index is 5.93. The van der Waals surface area contributed by atoms with E-state index in [0.717, 1.165) is 6.42 Å². The Bertz CT molecular complexity index is 279. The Kier molecular flexibility index (Phi) is 2.36. The van der Waals surface area contributed by atoms with E-state index in [-0.39, 0.29) is 0 Å². The van der Waals surface area contributed by atoms with Gasteiger partial charge in [-0.15, -0.1) is 0 Å². The first-order valence-electron chi connectivity index (χ1n) is 5.02. The summed E-state index contributed by atoms with van der Waals surface area (Å²) in [5.41, 5.74) is 7.16. The Morgan fingerprint density at radius 1 is 1.54 bits per heavy atom. The zero-order valence-electron chi connectivity index (χ0n) is 8.11. The van der Waals surface area contributed by atoms with Crippen molar-refractivity contribution in [1.29, 1.82) is 0 Å². The molecule has 0 saturated heterocycles. The van der Waals surface area contributed by atoms with Crippen LogP contribution in [0.25, 0.3) is 0 Å². The molecule has 1 aliphatic rings. The van der Waals surface area contributed by atoms with Gasteiger partial charge in [-0.3, -0.25) is 4.68 Å². The monoisotopic (exact) mass is 179 g/mol. The first-order valence-corrected chi connectivity index (χ1v) is 5.02. The molecule has 0 spiro atoms. The third kappa shape index (κ3) is 1.91. The van der Waals surface area contributed by atoms with Crippen LogP contribution in [0.5, 0.6) is 0 Å². The number of nitrogens with zero attached hydrogens (tertiary/aromatic N) is 2. The molecule has 1 aromatic rings. The van der Waals surface area contributed by atoms with Crippen molar-refractivity contribution in [3.63, 3.8) is 0 Å². The van der Waals surface area contributed by atoms with Crippen LogP contribution in [0, 0.1) is 6.92 Å². The van der Waals surface area contributed by atoms with Gasteiger partial charge in [-0.25, -0.2) is 0 Å². The van der Waals surface area contributed by atoms with Crippen molar-refractivity contribution >= 4 is 0 Å². The molecule has 0 amide bonds. The number of aromatic nitrogens is 2. The second kappa shape index (κ2) is 3.50. The number of hydrogen-bond acceptors (Lipinski definition) is 2. The molecule has 2 atom stereocenters.